The van der Waals surface area contributed by atoms with Crippen molar-refractivity contribution in [3.05, 3.63) is 34.3 Å². The number of urea groups is 1. The third kappa shape index (κ3) is 4.17. The number of hydrogen-bond acceptors (Lipinski definition) is 2. The van der Waals surface area contributed by atoms with Gasteiger partial charge < -0.3 is 15.1 Å². The molecule has 0 saturated carbocycles. The van der Waals surface area contributed by atoms with Gasteiger partial charge in [-0.25, -0.2) is 4.79 Å². The van der Waals surface area contributed by atoms with E-state index in [1.165, 1.54) is 12.1 Å². The van der Waals surface area contributed by atoms with E-state index in [9.17, 15) is 22.8 Å². The van der Waals surface area contributed by atoms with Gasteiger partial charge in [0.1, 0.15) is 0 Å². The Hall–Kier alpha value is -1.96. The lowest BCUT2D eigenvalue weighted by molar-refractivity contribution is -0.138. The van der Waals surface area contributed by atoms with Gasteiger partial charge in [0.15, 0.2) is 0 Å². The summed E-state index contributed by atoms with van der Waals surface area (Å²) in [6.07, 6.45) is -1.49. The molecule has 3 fully saturated rings. The Labute approximate surface area is 172 Å². The van der Waals surface area contributed by atoms with Gasteiger partial charge in [-0.2, -0.15) is 13.2 Å². The Morgan fingerprint density at radius 3 is 2.48 bits per heavy atom. The number of piperidine rings is 1. The smallest absolute Gasteiger partial charge is 0.347 e. The van der Waals surface area contributed by atoms with E-state index < -0.39 is 11.7 Å². The maximum atomic E-state index is 13.3. The molecule has 0 bridgehead atoms. The molecule has 0 aliphatic carbocycles. The van der Waals surface area contributed by atoms with Crippen LogP contribution in [0, 0.1) is 5.92 Å². The SMILES string of the molecule is O=C1CCC2(CN(C(=O)N3CCC(Cc4ccc(Cl)cc4C(F)(F)F)CC3)C2)N1. The molecule has 1 aromatic carbocycles. The molecule has 29 heavy (non-hydrogen) atoms. The van der Waals surface area contributed by atoms with Crippen molar-refractivity contribution in [2.24, 2.45) is 5.92 Å². The molecule has 4 rings (SSSR count). The van der Waals surface area contributed by atoms with Crippen LogP contribution in [0.25, 0.3) is 0 Å². The fourth-order valence-corrected chi connectivity index (χ4v) is 4.83. The second-order valence-corrected chi connectivity index (χ2v) is 8.84. The molecule has 0 aromatic heterocycles. The highest BCUT2D eigenvalue weighted by molar-refractivity contribution is 6.30. The molecular formula is C20H23ClF3N3O2. The van der Waals surface area contributed by atoms with Crippen molar-refractivity contribution in [3.8, 4) is 0 Å². The van der Waals surface area contributed by atoms with Gasteiger partial charge in [-0.05, 0) is 49.3 Å². The number of hydrogen-bond donors (Lipinski definition) is 1. The molecule has 1 N–H and O–H groups in total. The first kappa shape index (κ1) is 20.3. The van der Waals surface area contributed by atoms with E-state index in [2.05, 4.69) is 5.32 Å². The van der Waals surface area contributed by atoms with Crippen LogP contribution in [0.3, 0.4) is 0 Å². The lowest BCUT2D eigenvalue weighted by atomic mass is 9.87. The number of nitrogens with zero attached hydrogens (tertiary/aromatic N) is 2. The molecule has 9 heteroatoms. The number of halogens is 4. The zero-order valence-corrected chi connectivity index (χ0v) is 16.7. The second-order valence-electron chi connectivity index (χ2n) is 8.40. The van der Waals surface area contributed by atoms with Crippen molar-refractivity contribution in [3.63, 3.8) is 0 Å². The predicted molar refractivity (Wildman–Crippen MR) is 102 cm³/mol. The molecule has 3 amide bonds. The molecular weight excluding hydrogens is 407 g/mol. The van der Waals surface area contributed by atoms with Crippen molar-refractivity contribution in [1.82, 2.24) is 15.1 Å². The number of carbonyl (C=O) groups is 2. The van der Waals surface area contributed by atoms with Crippen molar-refractivity contribution in [2.75, 3.05) is 26.2 Å². The van der Waals surface area contributed by atoms with Crippen LogP contribution in [0.4, 0.5) is 18.0 Å². The molecule has 3 saturated heterocycles. The van der Waals surface area contributed by atoms with E-state index in [0.717, 1.165) is 12.5 Å². The van der Waals surface area contributed by atoms with E-state index in [0.29, 0.717) is 51.9 Å². The standard InChI is InChI=1S/C20H23ClF3N3O2/c21-15-2-1-14(16(10-15)20(22,23)24)9-13-4-7-26(8-5-13)18(29)27-11-19(12-27)6-3-17(28)25-19/h1-2,10,13H,3-9,11-12H2,(H,25,28). The first-order chi connectivity index (χ1) is 13.7. The lowest BCUT2D eigenvalue weighted by Gasteiger charge is -2.49. The average molecular weight is 430 g/mol. The molecule has 3 aliphatic heterocycles. The van der Waals surface area contributed by atoms with Crippen LogP contribution >= 0.6 is 11.6 Å². The minimum atomic E-state index is -4.43. The van der Waals surface area contributed by atoms with Gasteiger partial charge >= 0.3 is 12.2 Å². The third-order valence-electron chi connectivity index (χ3n) is 6.26. The molecule has 0 atom stereocenters. The number of rotatable bonds is 2. The Bertz CT molecular complexity index is 816. The zero-order chi connectivity index (χ0) is 20.8. The van der Waals surface area contributed by atoms with Gasteiger partial charge in [-0.3, -0.25) is 4.79 Å². The second kappa shape index (κ2) is 7.38. The lowest BCUT2D eigenvalue weighted by Crippen LogP contribution is -2.70. The summed E-state index contributed by atoms with van der Waals surface area (Å²) in [5.74, 6) is 0.136. The van der Waals surface area contributed by atoms with Crippen LogP contribution < -0.4 is 5.32 Å². The number of benzene rings is 1. The summed E-state index contributed by atoms with van der Waals surface area (Å²) >= 11 is 5.75. The van der Waals surface area contributed by atoms with E-state index in [1.807, 2.05) is 0 Å². The highest BCUT2D eigenvalue weighted by atomic mass is 35.5. The van der Waals surface area contributed by atoms with Gasteiger partial charge in [-0.1, -0.05) is 17.7 Å². The number of carbonyl (C=O) groups excluding carboxylic acids is 2. The quantitative estimate of drug-likeness (QED) is 0.779. The van der Waals surface area contributed by atoms with Crippen LogP contribution in [-0.2, 0) is 17.4 Å². The van der Waals surface area contributed by atoms with Crippen molar-refractivity contribution >= 4 is 23.5 Å². The van der Waals surface area contributed by atoms with Gasteiger partial charge in [0.2, 0.25) is 5.91 Å². The van der Waals surface area contributed by atoms with E-state index in [-0.39, 0.29) is 34.0 Å². The van der Waals surface area contributed by atoms with Crippen molar-refractivity contribution in [2.45, 2.75) is 43.8 Å². The fraction of sp³-hybridized carbons (Fsp3) is 0.600. The van der Waals surface area contributed by atoms with E-state index in [1.54, 1.807) is 9.80 Å². The summed E-state index contributed by atoms with van der Waals surface area (Å²) < 4.78 is 39.9. The molecule has 1 aromatic rings. The van der Waals surface area contributed by atoms with Gasteiger partial charge in [0.05, 0.1) is 11.1 Å². The fourth-order valence-electron chi connectivity index (χ4n) is 4.66. The summed E-state index contributed by atoms with van der Waals surface area (Å²) in [7, 11) is 0. The maximum Gasteiger partial charge on any atom is 0.416 e. The monoisotopic (exact) mass is 429 g/mol. The Morgan fingerprint density at radius 1 is 1.21 bits per heavy atom. The van der Waals surface area contributed by atoms with Crippen LogP contribution in [0.1, 0.15) is 36.8 Å². The van der Waals surface area contributed by atoms with Crippen LogP contribution in [0.5, 0.6) is 0 Å². The minimum Gasteiger partial charge on any atom is -0.347 e. The topological polar surface area (TPSA) is 52.7 Å². The molecule has 158 valence electrons. The van der Waals surface area contributed by atoms with Crippen molar-refractivity contribution in [1.29, 1.82) is 0 Å². The summed E-state index contributed by atoms with van der Waals surface area (Å²) in [5.41, 5.74) is -0.658. The van der Waals surface area contributed by atoms with Crippen LogP contribution in [0.2, 0.25) is 5.02 Å². The normalized spacial score (nSPS) is 22.0. The molecule has 3 heterocycles. The largest absolute Gasteiger partial charge is 0.416 e. The molecule has 5 nitrogen and oxygen atoms in total. The van der Waals surface area contributed by atoms with Gasteiger partial charge in [0, 0.05) is 37.6 Å². The Kier molecular flexibility index (Phi) is 5.17. The average Bonchev–Trinajstić information content (AvgIpc) is 3.03. The summed E-state index contributed by atoms with van der Waals surface area (Å²) in [4.78, 5) is 27.6. The molecule has 3 aliphatic rings. The molecule has 0 unspecified atom stereocenters. The molecule has 1 spiro atoms. The Balaban J connectivity index is 1.30. The summed E-state index contributed by atoms with van der Waals surface area (Å²) in [5, 5.41) is 3.03. The highest BCUT2D eigenvalue weighted by Gasteiger charge is 2.50. The summed E-state index contributed by atoms with van der Waals surface area (Å²) in [6, 6.07) is 3.89. The number of alkyl halides is 3. The van der Waals surface area contributed by atoms with E-state index >= 15 is 0 Å². The number of likely N-dealkylation sites (tertiary alicyclic amines) is 2. The molecule has 0 radical (unpaired) electrons. The minimum absolute atomic E-state index is 0.0401. The summed E-state index contributed by atoms with van der Waals surface area (Å²) in [6.45, 7) is 2.15. The van der Waals surface area contributed by atoms with Crippen LogP contribution in [0.15, 0.2) is 18.2 Å². The third-order valence-corrected chi connectivity index (χ3v) is 6.50. The first-order valence-corrected chi connectivity index (χ1v) is 10.2. The van der Waals surface area contributed by atoms with Gasteiger partial charge in [0.25, 0.3) is 0 Å². The van der Waals surface area contributed by atoms with Crippen molar-refractivity contribution < 1.29 is 22.8 Å². The number of nitrogens with one attached hydrogen (secondary N) is 1. The highest BCUT2D eigenvalue weighted by Crippen LogP contribution is 2.36. The first-order valence-electron chi connectivity index (χ1n) is 9.86. The van der Waals surface area contributed by atoms with Crippen LogP contribution in [-0.4, -0.2) is 53.5 Å². The maximum absolute atomic E-state index is 13.3. The predicted octanol–water partition coefficient (Wildman–Crippen LogP) is 3.70. The zero-order valence-electron chi connectivity index (χ0n) is 15.9. The Morgan fingerprint density at radius 2 is 1.90 bits per heavy atom. The van der Waals surface area contributed by atoms with Gasteiger partial charge in [-0.15, -0.1) is 0 Å². The number of amides is 3. The van der Waals surface area contributed by atoms with E-state index in [4.69, 9.17) is 11.6 Å².